The summed E-state index contributed by atoms with van der Waals surface area (Å²) in [7, 11) is 0. The predicted octanol–water partition coefficient (Wildman–Crippen LogP) is 3.71. The second-order valence-electron chi connectivity index (χ2n) is 4.59. The monoisotopic (exact) mass is 342 g/mol. The molecule has 23 heavy (non-hydrogen) atoms. The molecule has 2 rings (SSSR count). The van der Waals surface area contributed by atoms with Crippen LogP contribution in [-0.4, -0.2) is 11.8 Å². The number of rotatable bonds is 3. The summed E-state index contributed by atoms with van der Waals surface area (Å²) in [5.74, 6) is -1.28. The molecule has 0 heterocycles. The molecule has 0 aliphatic heterocycles. The highest BCUT2D eigenvalue weighted by molar-refractivity contribution is 6.31. The summed E-state index contributed by atoms with van der Waals surface area (Å²) in [4.78, 5) is 22.9. The molecule has 2 amide bonds. The maximum absolute atomic E-state index is 12.8. The minimum atomic E-state index is -4.62. The zero-order valence-electron chi connectivity index (χ0n) is 11.4. The molecule has 3 N–H and O–H groups in total. The molecule has 0 aliphatic carbocycles. The minimum Gasteiger partial charge on any atom is -0.366 e. The van der Waals surface area contributed by atoms with Crippen molar-refractivity contribution in [3.8, 4) is 0 Å². The molecule has 0 saturated heterocycles. The Morgan fingerprint density at radius 2 is 1.57 bits per heavy atom. The van der Waals surface area contributed by atoms with E-state index in [1.807, 2.05) is 0 Å². The molecule has 0 unspecified atom stereocenters. The summed E-state index contributed by atoms with van der Waals surface area (Å²) < 4.78 is 38.3. The fourth-order valence-electron chi connectivity index (χ4n) is 1.81. The smallest absolute Gasteiger partial charge is 0.366 e. The fraction of sp³-hybridized carbons (Fsp3) is 0.0667. The Kier molecular flexibility index (Phi) is 4.60. The van der Waals surface area contributed by atoms with Crippen LogP contribution in [0.4, 0.5) is 18.9 Å². The molecule has 8 heteroatoms. The first-order chi connectivity index (χ1) is 10.7. The van der Waals surface area contributed by atoms with Gasteiger partial charge in [0.1, 0.15) is 0 Å². The zero-order valence-corrected chi connectivity index (χ0v) is 12.2. The average Bonchev–Trinajstić information content (AvgIpc) is 2.48. The first kappa shape index (κ1) is 16.8. The van der Waals surface area contributed by atoms with Gasteiger partial charge in [-0.15, -0.1) is 0 Å². The van der Waals surface area contributed by atoms with E-state index in [-0.39, 0.29) is 16.8 Å². The largest absolute Gasteiger partial charge is 0.417 e. The summed E-state index contributed by atoms with van der Waals surface area (Å²) >= 11 is 5.50. The van der Waals surface area contributed by atoms with Gasteiger partial charge in [-0.25, -0.2) is 0 Å². The molecule has 0 atom stereocenters. The molecule has 2 aromatic carbocycles. The van der Waals surface area contributed by atoms with Crippen LogP contribution in [0, 0.1) is 0 Å². The van der Waals surface area contributed by atoms with Gasteiger partial charge in [0.2, 0.25) is 5.91 Å². The van der Waals surface area contributed by atoms with E-state index in [4.69, 9.17) is 17.3 Å². The van der Waals surface area contributed by atoms with Gasteiger partial charge in [0.15, 0.2) is 0 Å². The number of hydrogen-bond donors (Lipinski definition) is 2. The third kappa shape index (κ3) is 4.01. The van der Waals surface area contributed by atoms with Crippen molar-refractivity contribution in [2.75, 3.05) is 5.32 Å². The topological polar surface area (TPSA) is 72.2 Å². The lowest BCUT2D eigenvalue weighted by atomic mass is 10.1. The van der Waals surface area contributed by atoms with E-state index in [0.29, 0.717) is 0 Å². The molecule has 0 radical (unpaired) electrons. The van der Waals surface area contributed by atoms with Crippen LogP contribution in [0.3, 0.4) is 0 Å². The summed E-state index contributed by atoms with van der Waals surface area (Å²) in [6.07, 6.45) is -4.62. The van der Waals surface area contributed by atoms with Gasteiger partial charge in [0.25, 0.3) is 5.91 Å². The number of nitrogens with two attached hydrogens (primary N) is 1. The number of alkyl halides is 3. The molecule has 4 nitrogen and oxygen atoms in total. The van der Waals surface area contributed by atoms with Crippen LogP contribution in [0.15, 0.2) is 42.5 Å². The molecule has 0 saturated carbocycles. The number of carbonyl (C=O) groups is 2. The first-order valence-corrected chi connectivity index (χ1v) is 6.64. The van der Waals surface area contributed by atoms with Gasteiger partial charge in [-0.05, 0) is 42.5 Å². The molecule has 2 aromatic rings. The van der Waals surface area contributed by atoms with E-state index >= 15 is 0 Å². The van der Waals surface area contributed by atoms with E-state index in [9.17, 15) is 22.8 Å². The number of benzene rings is 2. The standard InChI is InChI=1S/C15H10ClF3N2O2/c16-12-6-5-10(7-11(12)15(17,18)19)21-14(23)9-3-1-8(2-4-9)13(20)22/h1-7H,(H2,20,22)(H,21,23). The van der Waals surface area contributed by atoms with Crippen molar-refractivity contribution in [1.29, 1.82) is 0 Å². The second kappa shape index (κ2) is 6.29. The van der Waals surface area contributed by atoms with E-state index in [1.54, 1.807) is 0 Å². The Bertz CT molecular complexity index is 758. The minimum absolute atomic E-state index is 0.0503. The van der Waals surface area contributed by atoms with Gasteiger partial charge in [0, 0.05) is 16.8 Å². The van der Waals surface area contributed by atoms with Crippen LogP contribution >= 0.6 is 11.6 Å². The van der Waals surface area contributed by atoms with E-state index in [1.165, 1.54) is 30.3 Å². The molecule has 120 valence electrons. The number of nitrogens with one attached hydrogen (secondary N) is 1. The maximum atomic E-state index is 12.8. The molecule has 0 spiro atoms. The normalized spacial score (nSPS) is 11.1. The van der Waals surface area contributed by atoms with E-state index in [0.717, 1.165) is 12.1 Å². The Morgan fingerprint density at radius 3 is 2.09 bits per heavy atom. The Hall–Kier alpha value is -2.54. The molecule has 0 bridgehead atoms. The lowest BCUT2D eigenvalue weighted by Gasteiger charge is -2.12. The van der Waals surface area contributed by atoms with E-state index < -0.39 is 28.6 Å². The molecular weight excluding hydrogens is 333 g/mol. The number of hydrogen-bond acceptors (Lipinski definition) is 2. The number of amides is 2. The predicted molar refractivity (Wildman–Crippen MR) is 79.4 cm³/mol. The molecule has 0 fully saturated rings. The van der Waals surface area contributed by atoms with Gasteiger partial charge in [-0.1, -0.05) is 11.6 Å². The molecule has 0 aromatic heterocycles. The van der Waals surface area contributed by atoms with Gasteiger partial charge in [-0.2, -0.15) is 13.2 Å². The fourth-order valence-corrected chi connectivity index (χ4v) is 2.03. The number of anilines is 1. The quantitative estimate of drug-likeness (QED) is 0.892. The molecular formula is C15H10ClF3N2O2. The number of carbonyl (C=O) groups excluding carboxylic acids is 2. The van der Waals surface area contributed by atoms with Crippen LogP contribution in [0.2, 0.25) is 5.02 Å². The van der Waals surface area contributed by atoms with Crippen molar-refractivity contribution in [3.05, 3.63) is 64.2 Å². The lowest BCUT2D eigenvalue weighted by Crippen LogP contribution is -2.15. The Labute approximate surface area is 134 Å². The average molecular weight is 343 g/mol. The van der Waals surface area contributed by atoms with Crippen molar-refractivity contribution < 1.29 is 22.8 Å². The van der Waals surface area contributed by atoms with Crippen molar-refractivity contribution in [2.24, 2.45) is 5.73 Å². The zero-order chi connectivity index (χ0) is 17.2. The van der Waals surface area contributed by atoms with Crippen LogP contribution in [0.5, 0.6) is 0 Å². The number of halogens is 4. The lowest BCUT2D eigenvalue weighted by molar-refractivity contribution is -0.137. The summed E-state index contributed by atoms with van der Waals surface area (Å²) in [5, 5.41) is 1.88. The number of primary amides is 1. The van der Waals surface area contributed by atoms with Crippen LogP contribution in [0.1, 0.15) is 26.3 Å². The first-order valence-electron chi connectivity index (χ1n) is 6.26. The van der Waals surface area contributed by atoms with Gasteiger partial charge in [-0.3, -0.25) is 9.59 Å². The van der Waals surface area contributed by atoms with Crippen molar-refractivity contribution in [1.82, 2.24) is 0 Å². The third-order valence-electron chi connectivity index (χ3n) is 2.96. The van der Waals surface area contributed by atoms with Gasteiger partial charge in [0.05, 0.1) is 10.6 Å². The SMILES string of the molecule is NC(=O)c1ccc(C(=O)Nc2ccc(Cl)c(C(F)(F)F)c2)cc1. The molecule has 0 aliphatic rings. The van der Waals surface area contributed by atoms with Crippen molar-refractivity contribution in [2.45, 2.75) is 6.18 Å². The highest BCUT2D eigenvalue weighted by Gasteiger charge is 2.33. The maximum Gasteiger partial charge on any atom is 0.417 e. The highest BCUT2D eigenvalue weighted by Crippen LogP contribution is 2.36. The van der Waals surface area contributed by atoms with Gasteiger partial charge < -0.3 is 11.1 Å². The Morgan fingerprint density at radius 1 is 1.00 bits per heavy atom. The summed E-state index contributed by atoms with van der Waals surface area (Å²) in [6, 6.07) is 8.44. The third-order valence-corrected chi connectivity index (χ3v) is 3.29. The van der Waals surface area contributed by atoms with Crippen LogP contribution in [0.25, 0.3) is 0 Å². The van der Waals surface area contributed by atoms with Crippen LogP contribution < -0.4 is 11.1 Å². The second-order valence-corrected chi connectivity index (χ2v) is 5.00. The Balaban J connectivity index is 2.22. The van der Waals surface area contributed by atoms with Gasteiger partial charge >= 0.3 is 6.18 Å². The highest BCUT2D eigenvalue weighted by atomic mass is 35.5. The van der Waals surface area contributed by atoms with Crippen LogP contribution in [-0.2, 0) is 6.18 Å². The summed E-state index contributed by atoms with van der Waals surface area (Å²) in [6.45, 7) is 0. The van der Waals surface area contributed by atoms with Crippen molar-refractivity contribution >= 4 is 29.1 Å². The van der Waals surface area contributed by atoms with E-state index in [2.05, 4.69) is 5.32 Å². The van der Waals surface area contributed by atoms with Crippen molar-refractivity contribution in [3.63, 3.8) is 0 Å². The summed E-state index contributed by atoms with van der Waals surface area (Å²) in [5.41, 5.74) is 4.37.